The number of hydrogen-bond acceptors (Lipinski definition) is 6. The standard InChI is InChI=1S/C27H20N4O3S/c1-16-12-13-19(31(33)34)14-21(16)29-26(32)25-24(28)23-20(17-8-4-2-5-9-17)15-22(30-27(23)35-25)18-10-6-3-7-11-18/h2-15H,28H2,1H3,(H,29,32). The molecule has 0 saturated heterocycles. The molecule has 0 saturated carbocycles. The zero-order valence-corrected chi connectivity index (χ0v) is 19.5. The Hall–Kier alpha value is -4.56. The van der Waals surface area contributed by atoms with E-state index in [4.69, 9.17) is 10.7 Å². The number of carbonyl (C=O) groups excluding carboxylic acids is 1. The van der Waals surface area contributed by atoms with Crippen molar-refractivity contribution >= 4 is 44.5 Å². The van der Waals surface area contributed by atoms with E-state index < -0.39 is 10.8 Å². The van der Waals surface area contributed by atoms with Gasteiger partial charge in [-0.2, -0.15) is 0 Å². The zero-order valence-electron chi connectivity index (χ0n) is 18.7. The minimum atomic E-state index is -0.496. The normalized spacial score (nSPS) is 10.9. The van der Waals surface area contributed by atoms with Gasteiger partial charge >= 0.3 is 0 Å². The summed E-state index contributed by atoms with van der Waals surface area (Å²) in [6.45, 7) is 1.77. The van der Waals surface area contributed by atoms with Crippen molar-refractivity contribution in [1.82, 2.24) is 4.98 Å². The molecule has 5 rings (SSSR count). The molecule has 7 nitrogen and oxygen atoms in total. The van der Waals surface area contributed by atoms with Gasteiger partial charge in [-0.3, -0.25) is 14.9 Å². The van der Waals surface area contributed by atoms with Crippen LogP contribution in [0.4, 0.5) is 17.1 Å². The molecular formula is C27H20N4O3S. The number of pyridine rings is 1. The predicted molar refractivity (Wildman–Crippen MR) is 141 cm³/mol. The van der Waals surface area contributed by atoms with Gasteiger partial charge < -0.3 is 11.1 Å². The van der Waals surface area contributed by atoms with Crippen molar-refractivity contribution in [3.05, 3.63) is 105 Å². The molecule has 0 atom stereocenters. The van der Waals surface area contributed by atoms with Crippen molar-refractivity contribution in [1.29, 1.82) is 0 Å². The number of non-ortho nitro benzene ring substituents is 1. The maximum atomic E-state index is 13.3. The summed E-state index contributed by atoms with van der Waals surface area (Å²) >= 11 is 1.20. The summed E-state index contributed by atoms with van der Waals surface area (Å²) in [5.41, 5.74) is 11.4. The summed E-state index contributed by atoms with van der Waals surface area (Å²) in [4.78, 5) is 29.7. The van der Waals surface area contributed by atoms with Gasteiger partial charge in [0.15, 0.2) is 0 Å². The van der Waals surface area contributed by atoms with Gasteiger partial charge in [-0.1, -0.05) is 66.7 Å². The molecule has 0 fully saturated rings. The number of nitrogen functional groups attached to an aromatic ring is 1. The first-order valence-electron chi connectivity index (χ1n) is 10.8. The van der Waals surface area contributed by atoms with E-state index in [0.717, 1.165) is 22.4 Å². The van der Waals surface area contributed by atoms with E-state index >= 15 is 0 Å². The van der Waals surface area contributed by atoms with E-state index in [1.165, 1.54) is 23.5 Å². The molecule has 0 aliphatic rings. The summed E-state index contributed by atoms with van der Waals surface area (Å²) in [7, 11) is 0. The van der Waals surface area contributed by atoms with E-state index in [-0.39, 0.29) is 5.69 Å². The SMILES string of the molecule is Cc1ccc([N+](=O)[O-])cc1NC(=O)c1sc2nc(-c3ccccc3)cc(-c3ccccc3)c2c1N. The van der Waals surface area contributed by atoms with Gasteiger partial charge in [0, 0.05) is 23.1 Å². The van der Waals surface area contributed by atoms with Gasteiger partial charge in [-0.05, 0) is 29.7 Å². The third kappa shape index (κ3) is 4.22. The Balaban J connectivity index is 1.64. The Labute approximate surface area is 205 Å². The lowest BCUT2D eigenvalue weighted by Crippen LogP contribution is -2.13. The van der Waals surface area contributed by atoms with Gasteiger partial charge in [-0.15, -0.1) is 11.3 Å². The Morgan fingerprint density at radius 2 is 1.63 bits per heavy atom. The van der Waals surface area contributed by atoms with E-state index in [0.29, 0.717) is 32.0 Å². The molecule has 0 aliphatic heterocycles. The zero-order chi connectivity index (χ0) is 24.5. The Kier molecular flexibility index (Phi) is 5.72. The Morgan fingerprint density at radius 1 is 0.971 bits per heavy atom. The fourth-order valence-corrected chi connectivity index (χ4v) is 4.94. The highest BCUT2D eigenvalue weighted by molar-refractivity contribution is 7.21. The highest BCUT2D eigenvalue weighted by atomic mass is 32.1. The topological polar surface area (TPSA) is 111 Å². The van der Waals surface area contributed by atoms with E-state index in [1.54, 1.807) is 13.0 Å². The van der Waals surface area contributed by atoms with Gasteiger partial charge in [0.2, 0.25) is 0 Å². The van der Waals surface area contributed by atoms with Crippen LogP contribution in [0.2, 0.25) is 0 Å². The number of nitro groups is 1. The molecule has 172 valence electrons. The highest BCUT2D eigenvalue weighted by Gasteiger charge is 2.22. The molecule has 0 spiro atoms. The van der Waals surface area contributed by atoms with Crippen molar-refractivity contribution in [2.75, 3.05) is 11.1 Å². The molecule has 0 radical (unpaired) electrons. The minimum absolute atomic E-state index is 0.101. The lowest BCUT2D eigenvalue weighted by Gasteiger charge is -2.09. The molecule has 1 amide bonds. The predicted octanol–water partition coefficient (Wildman–Crippen LogP) is 6.68. The highest BCUT2D eigenvalue weighted by Crippen LogP contribution is 2.41. The number of benzene rings is 3. The summed E-state index contributed by atoms with van der Waals surface area (Å²) in [5.74, 6) is -0.436. The van der Waals surface area contributed by atoms with Crippen LogP contribution >= 0.6 is 11.3 Å². The fourth-order valence-electron chi connectivity index (χ4n) is 3.93. The number of amides is 1. The number of nitrogens with one attached hydrogen (secondary N) is 1. The average Bonchev–Trinajstić information content (AvgIpc) is 3.22. The maximum Gasteiger partial charge on any atom is 0.271 e. The molecule has 0 aliphatic carbocycles. The summed E-state index contributed by atoms with van der Waals surface area (Å²) in [6.07, 6.45) is 0. The lowest BCUT2D eigenvalue weighted by atomic mass is 9.99. The van der Waals surface area contributed by atoms with Crippen LogP contribution in [-0.4, -0.2) is 15.8 Å². The van der Waals surface area contributed by atoms with Crippen molar-refractivity contribution < 1.29 is 9.72 Å². The van der Waals surface area contributed by atoms with Crippen molar-refractivity contribution in [2.45, 2.75) is 6.92 Å². The number of nitro benzene ring substituents is 1. The van der Waals surface area contributed by atoms with Crippen LogP contribution in [0.25, 0.3) is 32.6 Å². The summed E-state index contributed by atoms with van der Waals surface area (Å²) in [5, 5.41) is 14.7. The smallest absolute Gasteiger partial charge is 0.271 e. The molecule has 5 aromatic rings. The Bertz CT molecular complexity index is 1580. The number of aryl methyl sites for hydroxylation is 1. The molecular weight excluding hydrogens is 460 g/mol. The second-order valence-corrected chi connectivity index (χ2v) is 9.02. The molecule has 8 heteroatoms. The van der Waals surface area contributed by atoms with Crippen LogP contribution in [0.5, 0.6) is 0 Å². The molecule has 35 heavy (non-hydrogen) atoms. The molecule has 0 unspecified atom stereocenters. The lowest BCUT2D eigenvalue weighted by molar-refractivity contribution is -0.384. The number of fused-ring (bicyclic) bond motifs is 1. The van der Waals surface area contributed by atoms with Gasteiger partial charge in [0.25, 0.3) is 11.6 Å². The van der Waals surface area contributed by atoms with Gasteiger partial charge in [0.1, 0.15) is 9.71 Å². The Morgan fingerprint density at radius 3 is 2.29 bits per heavy atom. The minimum Gasteiger partial charge on any atom is -0.397 e. The monoisotopic (exact) mass is 480 g/mol. The molecule has 2 aromatic heterocycles. The van der Waals surface area contributed by atoms with E-state index in [1.807, 2.05) is 66.7 Å². The fraction of sp³-hybridized carbons (Fsp3) is 0.0370. The number of anilines is 2. The van der Waals surface area contributed by atoms with Crippen molar-refractivity contribution in [3.63, 3.8) is 0 Å². The van der Waals surface area contributed by atoms with Crippen molar-refractivity contribution in [2.24, 2.45) is 0 Å². The van der Waals surface area contributed by atoms with Crippen LogP contribution in [0.1, 0.15) is 15.2 Å². The molecule has 3 aromatic carbocycles. The summed E-state index contributed by atoms with van der Waals surface area (Å²) in [6, 6.07) is 26.0. The van der Waals surface area contributed by atoms with Crippen molar-refractivity contribution in [3.8, 4) is 22.4 Å². The largest absolute Gasteiger partial charge is 0.397 e. The maximum absolute atomic E-state index is 13.3. The number of hydrogen-bond donors (Lipinski definition) is 2. The van der Waals surface area contributed by atoms with E-state index in [2.05, 4.69) is 5.32 Å². The second kappa shape index (κ2) is 9.00. The second-order valence-electron chi connectivity index (χ2n) is 8.02. The van der Waals surface area contributed by atoms with Crippen LogP contribution in [0.15, 0.2) is 84.9 Å². The third-order valence-electron chi connectivity index (χ3n) is 5.74. The number of thiophene rings is 1. The average molecular weight is 481 g/mol. The molecule has 0 bridgehead atoms. The van der Waals surface area contributed by atoms with Crippen LogP contribution in [0, 0.1) is 17.0 Å². The molecule has 3 N–H and O–H groups in total. The van der Waals surface area contributed by atoms with Gasteiger partial charge in [-0.25, -0.2) is 4.98 Å². The number of aromatic nitrogens is 1. The number of carbonyl (C=O) groups is 1. The first-order chi connectivity index (χ1) is 16.9. The van der Waals surface area contributed by atoms with Crippen LogP contribution in [0.3, 0.4) is 0 Å². The van der Waals surface area contributed by atoms with Gasteiger partial charge in [0.05, 0.1) is 22.0 Å². The number of nitrogens with two attached hydrogens (primary N) is 1. The number of rotatable bonds is 5. The van der Waals surface area contributed by atoms with E-state index in [9.17, 15) is 14.9 Å². The molecule has 2 heterocycles. The quantitative estimate of drug-likeness (QED) is 0.215. The van der Waals surface area contributed by atoms with Crippen LogP contribution in [-0.2, 0) is 0 Å². The first kappa shape index (κ1) is 22.2. The number of nitrogens with zero attached hydrogens (tertiary/aromatic N) is 2. The third-order valence-corrected chi connectivity index (χ3v) is 6.84. The van der Waals surface area contributed by atoms with Crippen LogP contribution < -0.4 is 11.1 Å². The first-order valence-corrected chi connectivity index (χ1v) is 11.6. The summed E-state index contributed by atoms with van der Waals surface area (Å²) < 4.78 is 0.